The van der Waals surface area contributed by atoms with Gasteiger partial charge in [0.2, 0.25) is 5.91 Å². The van der Waals surface area contributed by atoms with Crippen LogP contribution in [0.25, 0.3) is 28.2 Å². The molecule has 0 radical (unpaired) electrons. The molecule has 186 valence electrons. The van der Waals surface area contributed by atoms with E-state index in [9.17, 15) is 9.59 Å². The first-order valence-electron chi connectivity index (χ1n) is 11.9. The number of hydrogen-bond acceptors (Lipinski definition) is 6. The zero-order valence-corrected chi connectivity index (χ0v) is 20.8. The van der Waals surface area contributed by atoms with E-state index in [0.717, 1.165) is 27.8 Å². The number of carbonyl (C=O) groups is 2. The number of fused-ring (bicyclic) bond motifs is 1. The maximum absolute atomic E-state index is 12.8. The number of nitrogens with one attached hydrogen (secondary N) is 2. The standard InChI is InChI=1S/C27H29N5O4/c1-17-29-23(36-31-17)22-15-19-7-5-6-8-21(19)32(22)20-11-9-18(10-12-20)16-28-24(33)27(13-14-27)30-25(34)35-26(2,3)4/h5-12,15H,13-14,16H2,1-4H3,(H,28,33)(H,30,34). The van der Waals surface area contributed by atoms with Gasteiger partial charge in [0, 0.05) is 17.6 Å². The molecule has 1 aliphatic rings. The molecule has 0 saturated heterocycles. The lowest BCUT2D eigenvalue weighted by Gasteiger charge is -2.23. The highest BCUT2D eigenvalue weighted by Crippen LogP contribution is 2.36. The summed E-state index contributed by atoms with van der Waals surface area (Å²) in [5, 5.41) is 10.7. The number of amides is 2. The van der Waals surface area contributed by atoms with Gasteiger partial charge < -0.3 is 24.5 Å². The summed E-state index contributed by atoms with van der Waals surface area (Å²) < 4.78 is 12.8. The molecule has 5 rings (SSSR count). The van der Waals surface area contributed by atoms with Crippen molar-refractivity contribution in [3.05, 3.63) is 66.0 Å². The lowest BCUT2D eigenvalue weighted by molar-refractivity contribution is -0.124. The monoisotopic (exact) mass is 487 g/mol. The maximum Gasteiger partial charge on any atom is 0.408 e. The molecule has 2 aromatic heterocycles. The quantitative estimate of drug-likeness (QED) is 0.409. The van der Waals surface area contributed by atoms with E-state index in [2.05, 4.69) is 25.3 Å². The van der Waals surface area contributed by atoms with Gasteiger partial charge in [-0.25, -0.2) is 4.79 Å². The summed E-state index contributed by atoms with van der Waals surface area (Å²) in [5.41, 5.74) is 2.19. The molecule has 2 aromatic carbocycles. The fraction of sp³-hybridized carbons (Fsp3) is 0.333. The number of alkyl carbamates (subject to hydrolysis) is 1. The number of carbonyl (C=O) groups excluding carboxylic acids is 2. The highest BCUT2D eigenvalue weighted by Gasteiger charge is 2.51. The summed E-state index contributed by atoms with van der Waals surface area (Å²) >= 11 is 0. The molecule has 2 amide bonds. The first-order chi connectivity index (χ1) is 17.1. The second-order valence-corrected chi connectivity index (χ2v) is 10.1. The SMILES string of the molecule is Cc1noc(-c2cc3ccccc3n2-c2ccc(CNC(=O)C3(NC(=O)OC(C)(C)C)CC3)cc2)n1. The van der Waals surface area contributed by atoms with E-state index < -0.39 is 17.2 Å². The van der Waals surface area contributed by atoms with Crippen molar-refractivity contribution >= 4 is 22.9 Å². The van der Waals surface area contributed by atoms with Gasteiger partial charge in [-0.1, -0.05) is 35.5 Å². The largest absolute Gasteiger partial charge is 0.444 e. The van der Waals surface area contributed by atoms with Crippen molar-refractivity contribution in [3.63, 3.8) is 0 Å². The molecule has 2 heterocycles. The average Bonchev–Trinajstić information content (AvgIpc) is 3.30. The Morgan fingerprint density at radius 1 is 1.11 bits per heavy atom. The van der Waals surface area contributed by atoms with Crippen molar-refractivity contribution in [2.45, 2.75) is 58.2 Å². The molecule has 0 aliphatic heterocycles. The summed E-state index contributed by atoms with van der Waals surface area (Å²) in [6, 6.07) is 18.0. The smallest absolute Gasteiger partial charge is 0.408 e. The van der Waals surface area contributed by atoms with E-state index in [4.69, 9.17) is 9.26 Å². The molecule has 0 unspecified atom stereocenters. The lowest BCUT2D eigenvalue weighted by Crippen LogP contribution is -2.50. The summed E-state index contributed by atoms with van der Waals surface area (Å²) in [6.45, 7) is 7.51. The Hall–Kier alpha value is -4.14. The average molecular weight is 488 g/mol. The number of ether oxygens (including phenoxy) is 1. The third-order valence-electron chi connectivity index (χ3n) is 6.03. The summed E-state index contributed by atoms with van der Waals surface area (Å²) in [6.07, 6.45) is 0.608. The minimum Gasteiger partial charge on any atom is -0.444 e. The third kappa shape index (κ3) is 4.82. The van der Waals surface area contributed by atoms with Crippen LogP contribution in [0.1, 0.15) is 45.0 Å². The van der Waals surface area contributed by atoms with Gasteiger partial charge in [-0.3, -0.25) is 4.79 Å². The number of para-hydroxylation sites is 1. The number of hydrogen-bond donors (Lipinski definition) is 2. The van der Waals surface area contributed by atoms with Crippen LogP contribution in [0.4, 0.5) is 4.79 Å². The molecule has 0 spiro atoms. The molecule has 4 aromatic rings. The minimum atomic E-state index is -0.885. The molecular formula is C27H29N5O4. The van der Waals surface area contributed by atoms with Gasteiger partial charge >= 0.3 is 6.09 Å². The second kappa shape index (κ2) is 8.82. The molecule has 1 aliphatic carbocycles. The number of rotatable bonds is 6. The summed E-state index contributed by atoms with van der Waals surface area (Å²) in [7, 11) is 0. The molecule has 9 heteroatoms. The molecule has 9 nitrogen and oxygen atoms in total. The van der Waals surface area contributed by atoms with Crippen molar-refractivity contribution in [2.24, 2.45) is 0 Å². The van der Waals surface area contributed by atoms with Crippen molar-refractivity contribution in [3.8, 4) is 17.3 Å². The van der Waals surface area contributed by atoms with Crippen LogP contribution in [0, 0.1) is 6.92 Å². The Morgan fingerprint density at radius 3 is 2.47 bits per heavy atom. The van der Waals surface area contributed by atoms with Crippen molar-refractivity contribution < 1.29 is 18.8 Å². The Balaban J connectivity index is 1.31. The van der Waals surface area contributed by atoms with Crippen molar-refractivity contribution in [1.29, 1.82) is 0 Å². The van der Waals surface area contributed by atoms with Crippen LogP contribution in [-0.4, -0.2) is 37.8 Å². The fourth-order valence-corrected chi connectivity index (χ4v) is 4.14. The van der Waals surface area contributed by atoms with Crippen LogP contribution in [0.15, 0.2) is 59.1 Å². The van der Waals surface area contributed by atoms with Gasteiger partial charge in [-0.05, 0) is 70.4 Å². The predicted octanol–water partition coefficient (Wildman–Crippen LogP) is 4.66. The van der Waals surface area contributed by atoms with E-state index in [1.807, 2.05) is 54.6 Å². The van der Waals surface area contributed by atoms with Crippen LogP contribution in [0.3, 0.4) is 0 Å². The Morgan fingerprint density at radius 2 is 1.83 bits per heavy atom. The maximum atomic E-state index is 12.8. The third-order valence-corrected chi connectivity index (χ3v) is 6.03. The molecule has 36 heavy (non-hydrogen) atoms. The van der Waals surface area contributed by atoms with E-state index in [0.29, 0.717) is 31.1 Å². The number of aryl methyl sites for hydroxylation is 1. The topological polar surface area (TPSA) is 111 Å². The van der Waals surface area contributed by atoms with Gasteiger partial charge in [0.15, 0.2) is 5.82 Å². The van der Waals surface area contributed by atoms with Crippen molar-refractivity contribution in [2.75, 3.05) is 0 Å². The van der Waals surface area contributed by atoms with Crippen molar-refractivity contribution in [1.82, 2.24) is 25.3 Å². The molecule has 0 bridgehead atoms. The zero-order chi connectivity index (χ0) is 25.5. The van der Waals surface area contributed by atoms with E-state index in [1.165, 1.54) is 0 Å². The van der Waals surface area contributed by atoms with Gasteiger partial charge in [0.1, 0.15) is 16.8 Å². The number of benzene rings is 2. The Kier molecular flexibility index (Phi) is 5.78. The first-order valence-corrected chi connectivity index (χ1v) is 11.9. The van der Waals surface area contributed by atoms with Crippen LogP contribution in [-0.2, 0) is 16.1 Å². The normalized spacial score (nSPS) is 14.4. The number of nitrogens with zero attached hydrogens (tertiary/aromatic N) is 3. The van der Waals surface area contributed by atoms with Gasteiger partial charge in [0.25, 0.3) is 5.89 Å². The van der Waals surface area contributed by atoms with Crippen LogP contribution < -0.4 is 10.6 Å². The highest BCUT2D eigenvalue weighted by molar-refractivity contribution is 5.93. The van der Waals surface area contributed by atoms with Crippen LogP contribution >= 0.6 is 0 Å². The number of aromatic nitrogens is 3. The minimum absolute atomic E-state index is 0.206. The van der Waals surface area contributed by atoms with E-state index in [-0.39, 0.29) is 5.91 Å². The van der Waals surface area contributed by atoms with Gasteiger partial charge in [-0.15, -0.1) is 0 Å². The highest BCUT2D eigenvalue weighted by atomic mass is 16.6. The molecule has 1 fully saturated rings. The summed E-state index contributed by atoms with van der Waals surface area (Å²) in [4.78, 5) is 29.3. The molecule has 0 atom stereocenters. The molecule has 2 N–H and O–H groups in total. The Labute approximate surface area is 208 Å². The Bertz CT molecular complexity index is 1420. The van der Waals surface area contributed by atoms with E-state index in [1.54, 1.807) is 27.7 Å². The first kappa shape index (κ1) is 23.6. The fourth-order valence-electron chi connectivity index (χ4n) is 4.14. The second-order valence-electron chi connectivity index (χ2n) is 10.1. The van der Waals surface area contributed by atoms with Gasteiger partial charge in [-0.2, -0.15) is 4.98 Å². The molecule has 1 saturated carbocycles. The predicted molar refractivity (Wildman–Crippen MR) is 134 cm³/mol. The summed E-state index contributed by atoms with van der Waals surface area (Å²) in [5.74, 6) is 0.817. The van der Waals surface area contributed by atoms with Gasteiger partial charge in [0.05, 0.1) is 5.52 Å². The van der Waals surface area contributed by atoms with E-state index >= 15 is 0 Å². The lowest BCUT2D eigenvalue weighted by atomic mass is 10.1. The van der Waals surface area contributed by atoms with Crippen LogP contribution in [0.5, 0.6) is 0 Å². The molecular weight excluding hydrogens is 458 g/mol. The van der Waals surface area contributed by atoms with Crippen LogP contribution in [0.2, 0.25) is 0 Å². The zero-order valence-electron chi connectivity index (χ0n) is 20.8.